The van der Waals surface area contributed by atoms with Gasteiger partial charge in [-0.25, -0.2) is 19.6 Å². The van der Waals surface area contributed by atoms with Crippen molar-refractivity contribution < 1.29 is 9.53 Å². The highest BCUT2D eigenvalue weighted by Gasteiger charge is 2.29. The van der Waals surface area contributed by atoms with Crippen molar-refractivity contribution in [2.75, 3.05) is 44.3 Å². The fourth-order valence-corrected chi connectivity index (χ4v) is 3.36. The summed E-state index contributed by atoms with van der Waals surface area (Å²) < 4.78 is 6.94. The van der Waals surface area contributed by atoms with Crippen molar-refractivity contribution in [1.29, 1.82) is 0 Å². The lowest BCUT2D eigenvalue weighted by atomic mass is 9.95. The van der Waals surface area contributed by atoms with E-state index in [0.717, 1.165) is 31.7 Å². The number of aromatic nitrogens is 5. The molecule has 0 bridgehead atoms. The molecule has 0 saturated carbocycles. The molecule has 2 aromatic heterocycles. The maximum Gasteiger partial charge on any atom is 0.225 e. The van der Waals surface area contributed by atoms with Crippen molar-refractivity contribution in [2.24, 2.45) is 5.92 Å². The van der Waals surface area contributed by atoms with Crippen LogP contribution >= 0.6 is 0 Å². The molecule has 4 heterocycles. The Hall–Kier alpha value is -2.55. The van der Waals surface area contributed by atoms with Gasteiger partial charge in [0.2, 0.25) is 5.91 Å². The first-order valence-electron chi connectivity index (χ1n) is 8.60. The summed E-state index contributed by atoms with van der Waals surface area (Å²) >= 11 is 0. The number of carbonyl (C=O) groups excluding carboxylic acids is 1. The second-order valence-electron chi connectivity index (χ2n) is 6.27. The van der Waals surface area contributed by atoms with Crippen molar-refractivity contribution in [3.05, 3.63) is 25.0 Å². The largest absolute Gasteiger partial charge is 0.378 e. The lowest BCUT2D eigenvalue weighted by Crippen LogP contribution is -2.47. The summed E-state index contributed by atoms with van der Waals surface area (Å²) in [6.45, 7) is 4.36. The van der Waals surface area contributed by atoms with Crippen LogP contribution in [0.2, 0.25) is 0 Å². The number of piperidine rings is 1. The van der Waals surface area contributed by atoms with Crippen LogP contribution in [-0.2, 0) is 9.53 Å². The molecular weight excluding hydrogens is 322 g/mol. The van der Waals surface area contributed by atoms with Crippen molar-refractivity contribution in [3.8, 4) is 5.82 Å². The predicted molar refractivity (Wildman–Crippen MR) is 89.3 cm³/mol. The molecule has 2 fully saturated rings. The maximum atomic E-state index is 12.6. The van der Waals surface area contributed by atoms with E-state index < -0.39 is 0 Å². The summed E-state index contributed by atoms with van der Waals surface area (Å²) in [4.78, 5) is 29.3. The summed E-state index contributed by atoms with van der Waals surface area (Å²) in [5, 5.41) is 4.10. The first-order valence-corrected chi connectivity index (χ1v) is 8.60. The minimum absolute atomic E-state index is 0.103. The van der Waals surface area contributed by atoms with E-state index in [2.05, 4.69) is 25.0 Å². The van der Waals surface area contributed by atoms with Gasteiger partial charge >= 0.3 is 0 Å². The summed E-state index contributed by atoms with van der Waals surface area (Å²) in [6.07, 6.45) is 6.32. The van der Waals surface area contributed by atoms with Gasteiger partial charge in [-0.2, -0.15) is 5.10 Å². The predicted octanol–water partition coefficient (Wildman–Crippen LogP) is 0.133. The fraction of sp³-hybridized carbons (Fsp3) is 0.562. The first-order chi connectivity index (χ1) is 12.3. The van der Waals surface area contributed by atoms with E-state index in [1.165, 1.54) is 12.7 Å². The molecule has 9 heteroatoms. The quantitative estimate of drug-likeness (QED) is 0.783. The van der Waals surface area contributed by atoms with E-state index in [1.807, 2.05) is 11.0 Å². The van der Waals surface area contributed by atoms with Crippen LogP contribution in [0.5, 0.6) is 0 Å². The molecule has 0 atom stereocenters. The smallest absolute Gasteiger partial charge is 0.225 e. The Labute approximate surface area is 145 Å². The van der Waals surface area contributed by atoms with E-state index in [9.17, 15) is 4.79 Å². The highest BCUT2D eigenvalue weighted by Crippen LogP contribution is 2.24. The van der Waals surface area contributed by atoms with Crippen LogP contribution < -0.4 is 4.90 Å². The van der Waals surface area contributed by atoms with Crippen molar-refractivity contribution >= 4 is 11.7 Å². The van der Waals surface area contributed by atoms with Gasteiger partial charge in [-0.3, -0.25) is 4.79 Å². The highest BCUT2D eigenvalue weighted by molar-refractivity contribution is 5.79. The van der Waals surface area contributed by atoms with Crippen LogP contribution in [0, 0.1) is 5.92 Å². The zero-order valence-electron chi connectivity index (χ0n) is 14.0. The van der Waals surface area contributed by atoms with Gasteiger partial charge in [0.05, 0.1) is 13.2 Å². The lowest BCUT2D eigenvalue weighted by Gasteiger charge is -2.36. The van der Waals surface area contributed by atoms with E-state index in [1.54, 1.807) is 11.0 Å². The van der Waals surface area contributed by atoms with Crippen molar-refractivity contribution in [3.63, 3.8) is 0 Å². The van der Waals surface area contributed by atoms with Gasteiger partial charge in [-0.1, -0.05) is 0 Å². The number of rotatable bonds is 3. The molecule has 0 aliphatic carbocycles. The summed E-state index contributed by atoms with van der Waals surface area (Å²) in [6, 6.07) is 1.90. The van der Waals surface area contributed by atoms with Gasteiger partial charge in [0.1, 0.15) is 24.8 Å². The molecular formula is C16H21N7O2. The molecule has 2 aromatic rings. The Bertz CT molecular complexity index is 707. The summed E-state index contributed by atoms with van der Waals surface area (Å²) in [7, 11) is 0. The average Bonchev–Trinajstić information content (AvgIpc) is 3.23. The Morgan fingerprint density at radius 2 is 1.80 bits per heavy atom. The highest BCUT2D eigenvalue weighted by atomic mass is 16.5. The average molecular weight is 343 g/mol. The molecule has 2 saturated heterocycles. The topological polar surface area (TPSA) is 89.3 Å². The third-order valence-corrected chi connectivity index (χ3v) is 4.78. The second-order valence-corrected chi connectivity index (χ2v) is 6.27. The van der Waals surface area contributed by atoms with Gasteiger partial charge in [-0.15, -0.1) is 0 Å². The molecule has 0 aromatic carbocycles. The van der Waals surface area contributed by atoms with Gasteiger partial charge in [-0.05, 0) is 12.8 Å². The lowest BCUT2D eigenvalue weighted by molar-refractivity contribution is -0.140. The van der Waals surface area contributed by atoms with Gasteiger partial charge in [0, 0.05) is 38.2 Å². The van der Waals surface area contributed by atoms with Gasteiger partial charge < -0.3 is 14.5 Å². The molecule has 0 unspecified atom stereocenters. The molecule has 4 rings (SSSR count). The van der Waals surface area contributed by atoms with Crippen LogP contribution in [0.4, 0.5) is 5.82 Å². The van der Waals surface area contributed by atoms with Crippen LogP contribution in [0.1, 0.15) is 12.8 Å². The van der Waals surface area contributed by atoms with Crippen LogP contribution in [0.3, 0.4) is 0 Å². The number of hydrogen-bond donors (Lipinski definition) is 0. The molecule has 2 aliphatic rings. The third-order valence-electron chi connectivity index (χ3n) is 4.78. The summed E-state index contributed by atoms with van der Waals surface area (Å²) in [5.74, 6) is 1.92. The second kappa shape index (κ2) is 7.14. The third kappa shape index (κ3) is 3.46. The van der Waals surface area contributed by atoms with E-state index in [4.69, 9.17) is 4.74 Å². The number of nitrogens with zero attached hydrogens (tertiary/aromatic N) is 7. The number of ether oxygens (including phenoxy) is 1. The van der Waals surface area contributed by atoms with E-state index >= 15 is 0 Å². The number of anilines is 1. The van der Waals surface area contributed by atoms with Crippen LogP contribution in [0.25, 0.3) is 5.82 Å². The molecule has 9 nitrogen and oxygen atoms in total. The number of amides is 1. The van der Waals surface area contributed by atoms with Crippen molar-refractivity contribution in [1.82, 2.24) is 29.6 Å². The summed E-state index contributed by atoms with van der Waals surface area (Å²) in [5.41, 5.74) is 0. The molecule has 25 heavy (non-hydrogen) atoms. The SMILES string of the molecule is O=C(C1CCN(c2cc(-n3cncn3)ncn2)CC1)N1CCOCC1. The number of carbonyl (C=O) groups is 1. The monoisotopic (exact) mass is 343 g/mol. The standard InChI is InChI=1S/C16H21N7O2/c24-16(22-5-7-25-8-6-22)13-1-3-21(4-2-13)14-9-15(19-11-18-14)23-12-17-10-20-23/h9-13H,1-8H2. The molecule has 0 spiro atoms. The minimum Gasteiger partial charge on any atom is -0.378 e. The maximum absolute atomic E-state index is 12.6. The molecule has 2 aliphatic heterocycles. The zero-order chi connectivity index (χ0) is 17.1. The van der Waals surface area contributed by atoms with Crippen molar-refractivity contribution in [2.45, 2.75) is 12.8 Å². The molecule has 0 N–H and O–H groups in total. The Kier molecular flexibility index (Phi) is 4.55. The van der Waals surface area contributed by atoms with Crippen LogP contribution in [-0.4, -0.2) is 74.9 Å². The van der Waals surface area contributed by atoms with Gasteiger partial charge in [0.15, 0.2) is 5.82 Å². The normalized spacial score (nSPS) is 19.2. The Morgan fingerprint density at radius 1 is 1.04 bits per heavy atom. The first kappa shape index (κ1) is 15.9. The molecule has 0 radical (unpaired) electrons. The Morgan fingerprint density at radius 3 is 2.52 bits per heavy atom. The fourth-order valence-electron chi connectivity index (χ4n) is 3.36. The van der Waals surface area contributed by atoms with E-state index in [-0.39, 0.29) is 11.8 Å². The number of morpholine rings is 1. The van der Waals surface area contributed by atoms with E-state index in [0.29, 0.717) is 32.1 Å². The Balaban J connectivity index is 1.38. The van der Waals surface area contributed by atoms with Crippen LogP contribution in [0.15, 0.2) is 25.0 Å². The van der Waals surface area contributed by atoms with Gasteiger partial charge in [0.25, 0.3) is 0 Å². The minimum atomic E-state index is 0.103. The molecule has 132 valence electrons. The molecule has 1 amide bonds. The number of hydrogen-bond acceptors (Lipinski definition) is 7. The zero-order valence-corrected chi connectivity index (χ0v) is 14.0.